The van der Waals surface area contributed by atoms with E-state index >= 15 is 0 Å². The van der Waals surface area contributed by atoms with Gasteiger partial charge in [0.15, 0.2) is 11.6 Å². The highest BCUT2D eigenvalue weighted by Gasteiger charge is 2.19. The van der Waals surface area contributed by atoms with Gasteiger partial charge < -0.3 is 9.84 Å². The summed E-state index contributed by atoms with van der Waals surface area (Å²) in [6.07, 6.45) is 4.79. The molecule has 0 saturated carbocycles. The Labute approximate surface area is 134 Å². The number of hydrazine groups is 1. The van der Waals surface area contributed by atoms with Gasteiger partial charge in [-0.25, -0.2) is 19.6 Å². The molecule has 120 valence electrons. The lowest BCUT2D eigenvalue weighted by molar-refractivity contribution is 0.509. The number of pyridine rings is 1. The summed E-state index contributed by atoms with van der Waals surface area (Å²) in [5.41, 5.74) is 4.72. The molecule has 0 unspecified atom stereocenters. The van der Waals surface area contributed by atoms with Gasteiger partial charge in [-0.15, -0.1) is 0 Å². The summed E-state index contributed by atoms with van der Waals surface area (Å²) in [6.45, 7) is 0. The van der Waals surface area contributed by atoms with Crippen LogP contribution >= 0.6 is 0 Å². The standard InChI is InChI=1S/C16H11F2N5O/c17-11-3-1-9(7-12(11)18)14-15(23-5-6-24-16(23)21-14)10-2-4-13(22-19)20-8-10/h1-8H,19H2,(H,20,22). The molecule has 0 bridgehead atoms. The van der Waals surface area contributed by atoms with Crippen molar-refractivity contribution < 1.29 is 13.2 Å². The van der Waals surface area contributed by atoms with Gasteiger partial charge in [0, 0.05) is 23.5 Å². The van der Waals surface area contributed by atoms with Crippen LogP contribution in [0.4, 0.5) is 14.6 Å². The van der Waals surface area contributed by atoms with Gasteiger partial charge in [-0.2, -0.15) is 4.98 Å². The van der Waals surface area contributed by atoms with E-state index in [1.54, 1.807) is 28.9 Å². The Hall–Kier alpha value is -3.26. The topological polar surface area (TPSA) is 81.4 Å². The third-order valence-electron chi connectivity index (χ3n) is 3.64. The van der Waals surface area contributed by atoms with Crippen LogP contribution in [0, 0.1) is 11.6 Å². The second kappa shape index (κ2) is 5.43. The number of nitrogen functional groups attached to an aromatic ring is 1. The molecule has 0 aliphatic carbocycles. The smallest absolute Gasteiger partial charge is 0.306 e. The lowest BCUT2D eigenvalue weighted by atomic mass is 10.1. The maximum Gasteiger partial charge on any atom is 0.306 e. The Morgan fingerprint density at radius 3 is 2.62 bits per heavy atom. The number of aromatic nitrogens is 3. The molecule has 3 aromatic heterocycles. The molecule has 4 rings (SSSR count). The number of nitrogens with one attached hydrogen (secondary N) is 1. The summed E-state index contributed by atoms with van der Waals surface area (Å²) in [7, 11) is 0. The average Bonchev–Trinajstić information content (AvgIpc) is 3.18. The Balaban J connectivity index is 1.95. The summed E-state index contributed by atoms with van der Waals surface area (Å²) in [5.74, 6) is 4.31. The van der Waals surface area contributed by atoms with Gasteiger partial charge >= 0.3 is 5.84 Å². The summed E-state index contributed by atoms with van der Waals surface area (Å²) in [6, 6.07) is 7.12. The maximum absolute atomic E-state index is 13.6. The minimum absolute atomic E-state index is 0.339. The van der Waals surface area contributed by atoms with Crippen molar-refractivity contribution in [3.05, 3.63) is 60.6 Å². The maximum atomic E-state index is 13.6. The molecule has 6 nitrogen and oxygen atoms in total. The monoisotopic (exact) mass is 327 g/mol. The summed E-state index contributed by atoms with van der Waals surface area (Å²) < 4.78 is 33.9. The molecule has 0 spiro atoms. The zero-order valence-electron chi connectivity index (χ0n) is 12.2. The van der Waals surface area contributed by atoms with Gasteiger partial charge in [0.25, 0.3) is 0 Å². The molecule has 3 heterocycles. The molecule has 1 aromatic carbocycles. The van der Waals surface area contributed by atoms with E-state index in [-0.39, 0.29) is 0 Å². The SMILES string of the molecule is NNc1ccc(-c2c(-c3ccc(F)c(F)c3)nc3occn23)cn1. The highest BCUT2D eigenvalue weighted by atomic mass is 19.2. The van der Waals surface area contributed by atoms with Crippen LogP contribution in [0.3, 0.4) is 0 Å². The van der Waals surface area contributed by atoms with Crippen LogP contribution in [0.2, 0.25) is 0 Å². The molecule has 0 radical (unpaired) electrons. The number of halogens is 2. The average molecular weight is 327 g/mol. The van der Waals surface area contributed by atoms with Crippen molar-refractivity contribution in [2.75, 3.05) is 5.43 Å². The van der Waals surface area contributed by atoms with E-state index in [4.69, 9.17) is 10.3 Å². The van der Waals surface area contributed by atoms with E-state index in [0.717, 1.165) is 17.7 Å². The van der Waals surface area contributed by atoms with E-state index < -0.39 is 11.6 Å². The number of oxazole rings is 1. The predicted octanol–water partition coefficient (Wildman–Crippen LogP) is 3.22. The lowest BCUT2D eigenvalue weighted by Gasteiger charge is -2.06. The Bertz CT molecular complexity index is 1020. The quantitative estimate of drug-likeness (QED) is 0.446. The fourth-order valence-corrected chi connectivity index (χ4v) is 2.53. The predicted molar refractivity (Wildman–Crippen MR) is 83.9 cm³/mol. The van der Waals surface area contributed by atoms with Crippen molar-refractivity contribution >= 4 is 11.7 Å². The molecule has 0 aliphatic heterocycles. The number of anilines is 1. The number of nitrogens with two attached hydrogens (primary N) is 1. The second-order valence-electron chi connectivity index (χ2n) is 5.07. The van der Waals surface area contributed by atoms with E-state index in [1.807, 2.05) is 0 Å². The van der Waals surface area contributed by atoms with Gasteiger partial charge in [0.1, 0.15) is 17.8 Å². The van der Waals surface area contributed by atoms with Crippen molar-refractivity contribution in [1.82, 2.24) is 14.4 Å². The van der Waals surface area contributed by atoms with E-state index in [0.29, 0.717) is 28.6 Å². The van der Waals surface area contributed by atoms with Gasteiger partial charge in [0.05, 0.1) is 5.69 Å². The van der Waals surface area contributed by atoms with E-state index in [9.17, 15) is 8.78 Å². The molecular weight excluding hydrogens is 316 g/mol. The molecule has 0 fully saturated rings. The Morgan fingerprint density at radius 1 is 1.08 bits per heavy atom. The minimum atomic E-state index is -0.941. The molecule has 0 atom stereocenters. The number of imidazole rings is 1. The number of benzene rings is 1. The molecule has 3 N–H and O–H groups in total. The largest absolute Gasteiger partial charge is 0.432 e. The first-order valence-electron chi connectivity index (χ1n) is 7.01. The zero-order valence-corrected chi connectivity index (χ0v) is 12.2. The van der Waals surface area contributed by atoms with E-state index in [2.05, 4.69) is 15.4 Å². The molecular formula is C16H11F2N5O. The van der Waals surface area contributed by atoms with Crippen LogP contribution in [0.5, 0.6) is 0 Å². The van der Waals surface area contributed by atoms with Crippen molar-refractivity contribution in [2.45, 2.75) is 0 Å². The summed E-state index contributed by atoms with van der Waals surface area (Å²) in [4.78, 5) is 8.54. The van der Waals surface area contributed by atoms with Crippen molar-refractivity contribution in [2.24, 2.45) is 5.84 Å². The van der Waals surface area contributed by atoms with Crippen LogP contribution < -0.4 is 11.3 Å². The highest BCUT2D eigenvalue weighted by Crippen LogP contribution is 2.33. The number of fused-ring (bicyclic) bond motifs is 1. The third kappa shape index (κ3) is 2.20. The third-order valence-corrected chi connectivity index (χ3v) is 3.64. The molecule has 8 heteroatoms. The van der Waals surface area contributed by atoms with Crippen molar-refractivity contribution in [1.29, 1.82) is 0 Å². The molecule has 4 aromatic rings. The highest BCUT2D eigenvalue weighted by molar-refractivity contribution is 5.81. The number of nitrogens with zero attached hydrogens (tertiary/aromatic N) is 3. The first-order chi connectivity index (χ1) is 11.7. The Kier molecular flexibility index (Phi) is 3.24. The summed E-state index contributed by atoms with van der Waals surface area (Å²) in [5, 5.41) is 0. The van der Waals surface area contributed by atoms with Crippen LogP contribution in [-0.2, 0) is 0 Å². The van der Waals surface area contributed by atoms with Crippen LogP contribution in [0.15, 0.2) is 53.4 Å². The normalized spacial score (nSPS) is 11.1. The molecule has 0 amide bonds. The fourth-order valence-electron chi connectivity index (χ4n) is 2.53. The van der Waals surface area contributed by atoms with Crippen LogP contribution in [0.25, 0.3) is 28.4 Å². The summed E-state index contributed by atoms with van der Waals surface area (Å²) >= 11 is 0. The van der Waals surface area contributed by atoms with Crippen LogP contribution in [0.1, 0.15) is 0 Å². The van der Waals surface area contributed by atoms with Gasteiger partial charge in [-0.1, -0.05) is 0 Å². The van der Waals surface area contributed by atoms with Crippen molar-refractivity contribution in [3.63, 3.8) is 0 Å². The first kappa shape index (κ1) is 14.3. The Morgan fingerprint density at radius 2 is 1.92 bits per heavy atom. The second-order valence-corrected chi connectivity index (χ2v) is 5.07. The lowest BCUT2D eigenvalue weighted by Crippen LogP contribution is -2.08. The van der Waals surface area contributed by atoms with Crippen LogP contribution in [-0.4, -0.2) is 14.4 Å². The first-order valence-corrected chi connectivity index (χ1v) is 7.01. The van der Waals surface area contributed by atoms with E-state index in [1.165, 1.54) is 12.3 Å². The molecule has 24 heavy (non-hydrogen) atoms. The number of hydrogen-bond acceptors (Lipinski definition) is 5. The minimum Gasteiger partial charge on any atom is -0.432 e. The van der Waals surface area contributed by atoms with Crippen molar-refractivity contribution in [3.8, 4) is 22.5 Å². The zero-order chi connectivity index (χ0) is 16.7. The molecule has 0 aliphatic rings. The number of hydrogen-bond donors (Lipinski definition) is 2. The van der Waals surface area contributed by atoms with Gasteiger partial charge in [-0.05, 0) is 30.3 Å². The van der Waals surface area contributed by atoms with Gasteiger partial charge in [-0.3, -0.25) is 4.40 Å². The fraction of sp³-hybridized carbons (Fsp3) is 0. The molecule has 0 saturated heterocycles. The number of rotatable bonds is 3. The van der Waals surface area contributed by atoms with Gasteiger partial charge in [0.2, 0.25) is 0 Å².